The van der Waals surface area contributed by atoms with Gasteiger partial charge in [0, 0.05) is 23.4 Å². The summed E-state index contributed by atoms with van der Waals surface area (Å²) in [6, 6.07) is 7.65. The van der Waals surface area contributed by atoms with Crippen LogP contribution in [0.4, 0.5) is 5.69 Å². The van der Waals surface area contributed by atoms with Gasteiger partial charge in [0.05, 0.1) is 49.4 Å². The molecular formula is C26H24N6O4S. The maximum absolute atomic E-state index is 12.9. The number of aromatic nitrogens is 3. The molecule has 0 radical (unpaired) electrons. The van der Waals surface area contributed by atoms with Crippen molar-refractivity contribution in [2.75, 3.05) is 32.2 Å². The highest BCUT2D eigenvalue weighted by molar-refractivity contribution is 8.14. The first-order valence-corrected chi connectivity index (χ1v) is 12.6. The first-order valence-electron chi connectivity index (χ1n) is 11.8. The predicted molar refractivity (Wildman–Crippen MR) is 140 cm³/mol. The number of amides is 1. The van der Waals surface area contributed by atoms with E-state index in [0.29, 0.717) is 54.4 Å². The number of anilines is 1. The summed E-state index contributed by atoms with van der Waals surface area (Å²) < 4.78 is 16.4. The number of ether oxygens (including phenoxy) is 3. The number of rotatable bonds is 4. The van der Waals surface area contributed by atoms with Crippen LogP contribution in [0.2, 0.25) is 0 Å². The van der Waals surface area contributed by atoms with Crippen LogP contribution in [0, 0.1) is 0 Å². The van der Waals surface area contributed by atoms with E-state index in [1.807, 2.05) is 12.1 Å². The number of hydrogen-bond donors (Lipinski definition) is 2. The van der Waals surface area contributed by atoms with Gasteiger partial charge in [0.25, 0.3) is 5.91 Å². The van der Waals surface area contributed by atoms with E-state index in [-0.39, 0.29) is 11.6 Å². The van der Waals surface area contributed by atoms with E-state index in [4.69, 9.17) is 19.9 Å². The van der Waals surface area contributed by atoms with Crippen LogP contribution in [0.5, 0.6) is 17.4 Å². The molecule has 3 aliphatic heterocycles. The number of methoxy groups -OCH3 is 1. The number of benzene rings is 1. The summed E-state index contributed by atoms with van der Waals surface area (Å²) in [5.74, 6) is 1.32. The van der Waals surface area contributed by atoms with E-state index in [9.17, 15) is 4.79 Å². The van der Waals surface area contributed by atoms with Gasteiger partial charge in [-0.2, -0.15) is 0 Å². The molecule has 5 heterocycles. The second kappa shape index (κ2) is 9.49. The summed E-state index contributed by atoms with van der Waals surface area (Å²) >= 11 is 1.50. The SMILES string of the molecule is COc1cnc(C(=O)Nc2ccc3c(c2)[C@@]2(CCN=C(N)S2)c2cc(C4=CCCOC4)ncc2O3)cn1. The quantitative estimate of drug-likeness (QED) is 0.532. The van der Waals surface area contributed by atoms with Gasteiger partial charge in [-0.3, -0.25) is 14.8 Å². The Morgan fingerprint density at radius 1 is 1.14 bits per heavy atom. The molecule has 0 unspecified atom stereocenters. The highest BCUT2D eigenvalue weighted by atomic mass is 32.2. The Kier molecular flexibility index (Phi) is 6.01. The molecule has 11 heteroatoms. The lowest BCUT2D eigenvalue weighted by molar-refractivity contribution is 0.102. The standard InChI is InChI=1S/C26H24N6O4S/c1-34-23-13-30-20(11-31-23)24(33)32-16-4-5-21-17(9-16)26(6-7-28-25(27)37-26)18-10-19(29-12-22(18)36-21)15-3-2-8-35-14-15/h3-5,9-13H,2,6-8,14H2,1H3,(H2,27,28)(H,32,33)/t26-/m0/s1. The third-order valence-corrected chi connectivity index (χ3v) is 7.85. The number of fused-ring (bicyclic) bond motifs is 4. The van der Waals surface area contributed by atoms with Crippen molar-refractivity contribution < 1.29 is 19.0 Å². The van der Waals surface area contributed by atoms with E-state index in [1.165, 1.54) is 31.3 Å². The van der Waals surface area contributed by atoms with E-state index in [0.717, 1.165) is 28.8 Å². The monoisotopic (exact) mass is 516 g/mol. The van der Waals surface area contributed by atoms with Crippen molar-refractivity contribution in [1.29, 1.82) is 0 Å². The Morgan fingerprint density at radius 3 is 2.78 bits per heavy atom. The van der Waals surface area contributed by atoms with E-state index >= 15 is 0 Å². The molecule has 1 aromatic carbocycles. The number of carbonyl (C=O) groups is 1. The van der Waals surface area contributed by atoms with Crippen molar-refractivity contribution in [2.24, 2.45) is 10.7 Å². The molecule has 10 nitrogen and oxygen atoms in total. The number of nitrogens with two attached hydrogens (primary N) is 1. The summed E-state index contributed by atoms with van der Waals surface area (Å²) in [6.07, 6.45) is 8.28. The molecule has 0 fully saturated rings. The zero-order chi connectivity index (χ0) is 25.4. The van der Waals surface area contributed by atoms with Crippen LogP contribution in [0.3, 0.4) is 0 Å². The van der Waals surface area contributed by atoms with Gasteiger partial charge in [-0.15, -0.1) is 0 Å². The van der Waals surface area contributed by atoms with Gasteiger partial charge in [-0.05, 0) is 42.7 Å². The van der Waals surface area contributed by atoms with Crippen molar-refractivity contribution in [3.05, 3.63) is 71.4 Å². The fourth-order valence-electron chi connectivity index (χ4n) is 4.73. The molecule has 0 bridgehead atoms. The summed E-state index contributed by atoms with van der Waals surface area (Å²) in [7, 11) is 1.49. The van der Waals surface area contributed by atoms with Gasteiger partial charge in [-0.1, -0.05) is 17.8 Å². The smallest absolute Gasteiger partial charge is 0.275 e. The number of nitrogens with one attached hydrogen (secondary N) is 1. The number of hydrogen-bond acceptors (Lipinski definition) is 10. The van der Waals surface area contributed by atoms with Crippen molar-refractivity contribution in [3.8, 4) is 17.4 Å². The van der Waals surface area contributed by atoms with Gasteiger partial charge in [-0.25, -0.2) is 9.97 Å². The Hall–Kier alpha value is -3.96. The van der Waals surface area contributed by atoms with Crippen molar-refractivity contribution in [2.45, 2.75) is 17.6 Å². The van der Waals surface area contributed by atoms with Gasteiger partial charge in [0.1, 0.15) is 11.4 Å². The summed E-state index contributed by atoms with van der Waals surface area (Å²) in [6.45, 7) is 1.81. The highest BCUT2D eigenvalue weighted by Crippen LogP contribution is 2.57. The second-order valence-electron chi connectivity index (χ2n) is 8.75. The molecule has 1 spiro atoms. The Bertz CT molecular complexity index is 1440. The third-order valence-electron chi connectivity index (χ3n) is 6.51. The van der Waals surface area contributed by atoms with Gasteiger partial charge in [0.2, 0.25) is 5.88 Å². The Labute approximate surface area is 217 Å². The average molecular weight is 517 g/mol. The van der Waals surface area contributed by atoms with Gasteiger partial charge < -0.3 is 25.3 Å². The highest BCUT2D eigenvalue weighted by Gasteiger charge is 2.46. The zero-order valence-electron chi connectivity index (χ0n) is 20.1. The van der Waals surface area contributed by atoms with E-state index in [1.54, 1.807) is 12.3 Å². The normalized spacial score (nSPS) is 20.1. The number of nitrogens with zero attached hydrogens (tertiary/aromatic N) is 4. The summed E-state index contributed by atoms with van der Waals surface area (Å²) in [5, 5.41) is 3.43. The number of pyridine rings is 1. The number of thioether (sulfide) groups is 1. The molecule has 1 amide bonds. The Balaban J connectivity index is 1.39. The minimum atomic E-state index is -0.552. The molecule has 0 saturated heterocycles. The lowest BCUT2D eigenvalue weighted by atomic mass is 9.83. The first kappa shape index (κ1) is 23.4. The fourth-order valence-corrected chi connectivity index (χ4v) is 5.97. The molecule has 37 heavy (non-hydrogen) atoms. The maximum atomic E-state index is 12.9. The molecule has 2 aromatic heterocycles. The van der Waals surface area contributed by atoms with Crippen LogP contribution in [0.15, 0.2) is 53.9 Å². The second-order valence-corrected chi connectivity index (χ2v) is 10.1. The van der Waals surface area contributed by atoms with Crippen LogP contribution in [0.25, 0.3) is 5.57 Å². The van der Waals surface area contributed by atoms with Crippen LogP contribution in [-0.2, 0) is 9.48 Å². The molecule has 3 N–H and O–H groups in total. The first-order chi connectivity index (χ1) is 18.1. The zero-order valence-corrected chi connectivity index (χ0v) is 20.9. The molecular weight excluding hydrogens is 492 g/mol. The molecule has 0 aliphatic carbocycles. The molecule has 0 saturated carbocycles. The third kappa shape index (κ3) is 4.30. The van der Waals surface area contributed by atoms with Crippen molar-refractivity contribution in [3.63, 3.8) is 0 Å². The van der Waals surface area contributed by atoms with Crippen LogP contribution < -0.4 is 20.5 Å². The van der Waals surface area contributed by atoms with E-state index in [2.05, 4.69) is 37.4 Å². The fraction of sp³-hybridized carbons (Fsp3) is 0.269. The summed E-state index contributed by atoms with van der Waals surface area (Å²) in [4.78, 5) is 30.2. The predicted octanol–water partition coefficient (Wildman–Crippen LogP) is 3.74. The molecule has 1 atom stereocenters. The van der Waals surface area contributed by atoms with Gasteiger partial charge in [0.15, 0.2) is 10.9 Å². The van der Waals surface area contributed by atoms with Crippen LogP contribution in [0.1, 0.15) is 40.2 Å². The van der Waals surface area contributed by atoms with Crippen LogP contribution >= 0.6 is 11.8 Å². The van der Waals surface area contributed by atoms with Crippen molar-refractivity contribution >= 4 is 34.1 Å². The topological polar surface area (TPSA) is 134 Å². The number of aliphatic imine (C=N–C) groups is 1. The lowest BCUT2D eigenvalue weighted by Gasteiger charge is -2.41. The average Bonchev–Trinajstić information content (AvgIpc) is 2.94. The number of amidine groups is 1. The number of carbonyl (C=O) groups excluding carboxylic acids is 1. The molecule has 188 valence electrons. The van der Waals surface area contributed by atoms with Crippen molar-refractivity contribution in [1.82, 2.24) is 15.0 Å². The lowest BCUT2D eigenvalue weighted by Crippen LogP contribution is -2.35. The maximum Gasteiger partial charge on any atom is 0.275 e. The minimum absolute atomic E-state index is 0.178. The molecule has 6 rings (SSSR count). The summed E-state index contributed by atoms with van der Waals surface area (Å²) in [5.41, 5.74) is 10.9. The molecule has 3 aromatic rings. The Morgan fingerprint density at radius 2 is 2.03 bits per heavy atom. The van der Waals surface area contributed by atoms with Gasteiger partial charge >= 0.3 is 0 Å². The molecule has 3 aliphatic rings. The van der Waals surface area contributed by atoms with Crippen LogP contribution in [-0.4, -0.2) is 52.9 Å². The van der Waals surface area contributed by atoms with E-state index < -0.39 is 4.75 Å². The minimum Gasteiger partial charge on any atom is -0.480 e. The largest absolute Gasteiger partial charge is 0.480 e.